The molecule has 1 aromatic heterocycles. The summed E-state index contributed by atoms with van der Waals surface area (Å²) >= 11 is 0. The Bertz CT molecular complexity index is 810. The molecule has 2 N–H and O–H groups in total. The average Bonchev–Trinajstić information content (AvgIpc) is 3.05. The molecule has 1 aliphatic rings. The van der Waals surface area contributed by atoms with Crippen molar-refractivity contribution in [3.8, 4) is 0 Å². The van der Waals surface area contributed by atoms with Gasteiger partial charge >= 0.3 is 7.12 Å². The van der Waals surface area contributed by atoms with Gasteiger partial charge in [-0.1, -0.05) is 12.1 Å². The lowest BCUT2D eigenvalue weighted by molar-refractivity contribution is -0.118. The van der Waals surface area contributed by atoms with Crippen LogP contribution in [-0.2, 0) is 14.1 Å². The van der Waals surface area contributed by atoms with E-state index in [9.17, 15) is 4.79 Å². The van der Waals surface area contributed by atoms with Crippen molar-refractivity contribution in [2.45, 2.75) is 45.8 Å². The second-order valence-electron chi connectivity index (χ2n) is 7.40. The molecule has 0 aliphatic carbocycles. The molecule has 2 aromatic rings. The van der Waals surface area contributed by atoms with Gasteiger partial charge in [0.15, 0.2) is 0 Å². The number of fused-ring (bicyclic) bond motifs is 1. The van der Waals surface area contributed by atoms with Gasteiger partial charge in [0, 0.05) is 13.5 Å². The Hall–Kier alpha value is -2.12. The zero-order valence-corrected chi connectivity index (χ0v) is 15.3. The van der Waals surface area contributed by atoms with Gasteiger partial charge in [0.05, 0.1) is 28.6 Å². The zero-order valence-electron chi connectivity index (χ0n) is 15.3. The first kappa shape index (κ1) is 17.7. The Balaban J connectivity index is 1.92. The summed E-state index contributed by atoms with van der Waals surface area (Å²) < 4.78 is 12.3. The van der Waals surface area contributed by atoms with Crippen LogP contribution in [0.2, 0.25) is 0 Å². The van der Waals surface area contributed by atoms with Crippen LogP contribution in [0.4, 0.5) is 0 Å². The number of nitrogens with zero attached hydrogens (tertiary/aromatic N) is 1. The highest BCUT2D eigenvalue weighted by molar-refractivity contribution is 6.56. The van der Waals surface area contributed by atoms with E-state index in [1.807, 2.05) is 52.0 Å². The third kappa shape index (κ3) is 3.62. The summed E-state index contributed by atoms with van der Waals surface area (Å²) in [6.07, 6.45) is 3.67. The summed E-state index contributed by atoms with van der Waals surface area (Å²) in [6, 6.07) is 5.96. The molecule has 3 rings (SSSR count). The molecule has 7 heteroatoms. The molecule has 0 radical (unpaired) electrons. The number of hydrogen-bond acceptors (Lipinski definition) is 4. The molecule has 0 spiro atoms. The molecule has 2 heterocycles. The third-order valence-electron chi connectivity index (χ3n) is 4.89. The number of hydrogen-bond donors (Lipinski definition) is 2. The van der Waals surface area contributed by atoms with E-state index in [1.165, 1.54) is 6.92 Å². The van der Waals surface area contributed by atoms with Gasteiger partial charge in [-0.15, -0.1) is 0 Å². The van der Waals surface area contributed by atoms with Crippen LogP contribution >= 0.6 is 0 Å². The minimum atomic E-state index is -0.505. The molecule has 1 aliphatic heterocycles. The molecule has 0 saturated carbocycles. The van der Waals surface area contributed by atoms with Gasteiger partial charge < -0.3 is 19.6 Å². The van der Waals surface area contributed by atoms with E-state index in [0.717, 1.165) is 22.1 Å². The van der Waals surface area contributed by atoms with E-state index in [4.69, 9.17) is 9.31 Å². The minimum Gasteiger partial charge on any atom is -0.400 e. The first-order chi connectivity index (χ1) is 11.7. The van der Waals surface area contributed by atoms with E-state index in [1.54, 1.807) is 6.33 Å². The fraction of sp³-hybridized carbons (Fsp3) is 0.444. The van der Waals surface area contributed by atoms with Crippen LogP contribution in [0.5, 0.6) is 0 Å². The van der Waals surface area contributed by atoms with Crippen molar-refractivity contribution in [2.24, 2.45) is 0 Å². The number of nitrogens with one attached hydrogen (secondary N) is 2. The van der Waals surface area contributed by atoms with E-state index >= 15 is 0 Å². The van der Waals surface area contributed by atoms with Crippen molar-refractivity contribution in [3.05, 3.63) is 35.6 Å². The molecule has 0 atom stereocenters. The van der Waals surface area contributed by atoms with Gasteiger partial charge in [-0.2, -0.15) is 0 Å². The predicted molar refractivity (Wildman–Crippen MR) is 98.8 cm³/mol. The Morgan fingerprint density at radius 3 is 2.60 bits per heavy atom. The largest absolute Gasteiger partial charge is 0.492 e. The van der Waals surface area contributed by atoms with E-state index in [-0.39, 0.29) is 5.91 Å². The summed E-state index contributed by atoms with van der Waals surface area (Å²) in [5.74, 6) is -0.0913. The van der Waals surface area contributed by atoms with Gasteiger partial charge in [-0.25, -0.2) is 4.98 Å². The van der Waals surface area contributed by atoms with E-state index in [2.05, 4.69) is 15.3 Å². The maximum absolute atomic E-state index is 11.4. The van der Waals surface area contributed by atoms with Crippen LogP contribution in [0.15, 0.2) is 30.0 Å². The van der Waals surface area contributed by atoms with Gasteiger partial charge in [0.2, 0.25) is 5.91 Å². The summed E-state index contributed by atoms with van der Waals surface area (Å²) in [7, 11) is -0.505. The maximum Gasteiger partial charge on any atom is 0.492 e. The van der Waals surface area contributed by atoms with Crippen LogP contribution in [-0.4, -0.2) is 40.7 Å². The fourth-order valence-electron chi connectivity index (χ4n) is 2.68. The Kier molecular flexibility index (Phi) is 4.47. The number of carbonyl (C=O) groups is 1. The smallest absolute Gasteiger partial charge is 0.400 e. The van der Waals surface area contributed by atoms with Crippen molar-refractivity contribution >= 4 is 30.1 Å². The minimum absolute atomic E-state index is 0.0913. The number of imidazole rings is 1. The Labute approximate surface area is 148 Å². The number of H-pyrrole nitrogens is 1. The summed E-state index contributed by atoms with van der Waals surface area (Å²) in [6.45, 7) is 9.92. The molecule has 0 unspecified atom stereocenters. The first-order valence-corrected chi connectivity index (χ1v) is 8.42. The van der Waals surface area contributed by atoms with Gasteiger partial charge in [-0.3, -0.25) is 4.79 Å². The molecule has 0 bridgehead atoms. The number of amides is 1. The number of rotatable bonds is 4. The van der Waals surface area contributed by atoms with Gasteiger partial charge in [-0.05, 0) is 50.9 Å². The van der Waals surface area contributed by atoms with Crippen LogP contribution in [0, 0.1) is 0 Å². The lowest BCUT2D eigenvalue weighted by atomic mass is 9.77. The van der Waals surface area contributed by atoms with Crippen molar-refractivity contribution in [1.29, 1.82) is 0 Å². The normalized spacial score (nSPS) is 19.4. The highest BCUT2D eigenvalue weighted by Gasteiger charge is 2.52. The molecular formula is C18H24BN3O3. The molecular weight excluding hydrogens is 317 g/mol. The molecule has 132 valence electrons. The number of aromatic amines is 1. The fourth-order valence-corrected chi connectivity index (χ4v) is 2.68. The number of benzene rings is 1. The average molecular weight is 341 g/mol. The standard InChI is InChI=1S/C18H24BN3O3/c1-12(23)20-10-14(19-24-17(2,3)18(4,5)25-19)8-13-6-7-15-16(9-13)22-11-21-15/h6-9,11H,10H2,1-5H3,(H,20,23)(H,21,22). The summed E-state index contributed by atoms with van der Waals surface area (Å²) in [4.78, 5) is 18.7. The Morgan fingerprint density at radius 2 is 1.96 bits per heavy atom. The zero-order chi connectivity index (χ0) is 18.2. The van der Waals surface area contributed by atoms with E-state index in [0.29, 0.717) is 6.54 Å². The topological polar surface area (TPSA) is 76.2 Å². The van der Waals surface area contributed by atoms with Crippen LogP contribution in [0.25, 0.3) is 17.1 Å². The molecule has 1 aromatic carbocycles. The molecule has 1 saturated heterocycles. The highest BCUT2D eigenvalue weighted by atomic mass is 16.7. The monoisotopic (exact) mass is 341 g/mol. The lowest BCUT2D eigenvalue weighted by Gasteiger charge is -2.32. The second kappa shape index (κ2) is 6.31. The van der Waals surface area contributed by atoms with Crippen LogP contribution < -0.4 is 5.32 Å². The lowest BCUT2D eigenvalue weighted by Crippen LogP contribution is -2.41. The molecule has 1 fully saturated rings. The maximum atomic E-state index is 11.4. The molecule has 25 heavy (non-hydrogen) atoms. The SMILES string of the molecule is CC(=O)NCC(=Cc1ccc2nc[nH]c2c1)B1OC(C)(C)C(C)(C)O1. The Morgan fingerprint density at radius 1 is 1.28 bits per heavy atom. The third-order valence-corrected chi connectivity index (χ3v) is 4.89. The molecule has 6 nitrogen and oxygen atoms in total. The highest BCUT2D eigenvalue weighted by Crippen LogP contribution is 2.38. The molecule has 1 amide bonds. The van der Waals surface area contributed by atoms with Crippen LogP contribution in [0.3, 0.4) is 0 Å². The number of carbonyl (C=O) groups excluding carboxylic acids is 1. The summed E-state index contributed by atoms with van der Waals surface area (Å²) in [5, 5.41) is 2.84. The van der Waals surface area contributed by atoms with Gasteiger partial charge in [0.1, 0.15) is 0 Å². The van der Waals surface area contributed by atoms with Gasteiger partial charge in [0.25, 0.3) is 0 Å². The second-order valence-corrected chi connectivity index (χ2v) is 7.40. The van der Waals surface area contributed by atoms with Crippen molar-refractivity contribution in [3.63, 3.8) is 0 Å². The van der Waals surface area contributed by atoms with Crippen molar-refractivity contribution in [1.82, 2.24) is 15.3 Å². The van der Waals surface area contributed by atoms with Crippen LogP contribution in [0.1, 0.15) is 40.2 Å². The summed E-state index contributed by atoms with van der Waals surface area (Å²) in [5.41, 5.74) is 2.87. The van der Waals surface area contributed by atoms with Crippen molar-refractivity contribution in [2.75, 3.05) is 6.54 Å². The van der Waals surface area contributed by atoms with Crippen molar-refractivity contribution < 1.29 is 14.1 Å². The van der Waals surface area contributed by atoms with E-state index < -0.39 is 18.3 Å². The number of aromatic nitrogens is 2. The predicted octanol–water partition coefficient (Wildman–Crippen LogP) is 2.71. The quantitative estimate of drug-likeness (QED) is 0.839. The first-order valence-electron chi connectivity index (χ1n) is 8.42.